The van der Waals surface area contributed by atoms with E-state index < -0.39 is 0 Å². The number of rotatable bonds is 7. The summed E-state index contributed by atoms with van der Waals surface area (Å²) in [5.74, 6) is 0.779. The van der Waals surface area contributed by atoms with E-state index in [4.69, 9.17) is 0 Å². The lowest BCUT2D eigenvalue weighted by Gasteiger charge is -2.33. The van der Waals surface area contributed by atoms with E-state index in [9.17, 15) is 0 Å². The second kappa shape index (κ2) is 11.2. The SMILES string of the molecule is CCC1Cc2cc(-c3cnn(C)c3)ccc2N(C)C1.CCCCCCCC. The second-order valence-electron chi connectivity index (χ2n) is 8.02. The molecule has 0 fully saturated rings. The Labute approximate surface area is 166 Å². The van der Waals surface area contributed by atoms with E-state index in [1.54, 1.807) is 0 Å². The van der Waals surface area contributed by atoms with Gasteiger partial charge < -0.3 is 4.90 Å². The standard InChI is InChI=1S/C16H21N3.C8H18/c1-4-12-7-14-8-13(15-9-17-19(3)11-15)5-6-16(14)18(2)10-12;1-3-5-7-8-6-4-2/h5-6,8-9,11-12H,4,7,10H2,1-3H3;3-8H2,1-2H3. The molecule has 0 amide bonds. The first-order chi connectivity index (χ1) is 13.1. The smallest absolute Gasteiger partial charge is 0.0568 e. The van der Waals surface area contributed by atoms with Crippen LogP contribution in [0, 0.1) is 5.92 Å². The van der Waals surface area contributed by atoms with E-state index in [0.29, 0.717) is 0 Å². The average Bonchev–Trinajstić information content (AvgIpc) is 3.11. The fourth-order valence-corrected chi connectivity index (χ4v) is 3.86. The summed E-state index contributed by atoms with van der Waals surface area (Å²) < 4.78 is 1.86. The first-order valence-corrected chi connectivity index (χ1v) is 10.9. The first kappa shape index (κ1) is 21.5. The maximum Gasteiger partial charge on any atom is 0.0568 e. The minimum absolute atomic E-state index is 0.779. The van der Waals surface area contributed by atoms with E-state index in [1.807, 2.05) is 17.9 Å². The van der Waals surface area contributed by atoms with Gasteiger partial charge in [-0.25, -0.2) is 0 Å². The van der Waals surface area contributed by atoms with Crippen molar-refractivity contribution in [3.8, 4) is 11.1 Å². The molecular formula is C24H39N3. The van der Waals surface area contributed by atoms with E-state index in [1.165, 1.54) is 80.3 Å². The summed E-state index contributed by atoms with van der Waals surface area (Å²) in [6.07, 6.45) is 14.9. The van der Waals surface area contributed by atoms with Gasteiger partial charge in [0.2, 0.25) is 0 Å². The third-order valence-corrected chi connectivity index (χ3v) is 5.60. The van der Waals surface area contributed by atoms with Gasteiger partial charge in [0.05, 0.1) is 6.20 Å². The molecule has 3 nitrogen and oxygen atoms in total. The van der Waals surface area contributed by atoms with Gasteiger partial charge in [-0.05, 0) is 35.6 Å². The molecule has 27 heavy (non-hydrogen) atoms. The van der Waals surface area contributed by atoms with Gasteiger partial charge >= 0.3 is 0 Å². The molecular weight excluding hydrogens is 330 g/mol. The molecule has 3 rings (SSSR count). The topological polar surface area (TPSA) is 21.1 Å². The molecule has 0 aliphatic carbocycles. The van der Waals surface area contributed by atoms with Crippen LogP contribution in [-0.2, 0) is 13.5 Å². The van der Waals surface area contributed by atoms with Crippen LogP contribution in [0.1, 0.15) is 71.3 Å². The van der Waals surface area contributed by atoms with Crippen molar-refractivity contribution in [3.63, 3.8) is 0 Å². The molecule has 0 bridgehead atoms. The van der Waals surface area contributed by atoms with Crippen molar-refractivity contribution in [2.75, 3.05) is 18.5 Å². The molecule has 0 saturated carbocycles. The predicted octanol–water partition coefficient (Wildman–Crippen LogP) is 6.47. The van der Waals surface area contributed by atoms with Crippen LogP contribution in [0.2, 0.25) is 0 Å². The zero-order valence-corrected chi connectivity index (χ0v) is 18.2. The van der Waals surface area contributed by atoms with Gasteiger partial charge in [0.1, 0.15) is 0 Å². The normalized spacial score (nSPS) is 15.9. The largest absolute Gasteiger partial charge is 0.374 e. The summed E-state index contributed by atoms with van der Waals surface area (Å²) in [7, 11) is 4.16. The van der Waals surface area contributed by atoms with Gasteiger partial charge in [-0.3, -0.25) is 4.68 Å². The number of aryl methyl sites for hydroxylation is 1. The third-order valence-electron chi connectivity index (χ3n) is 5.60. The summed E-state index contributed by atoms with van der Waals surface area (Å²) in [5.41, 5.74) is 5.34. The van der Waals surface area contributed by atoms with Crippen LogP contribution in [0.25, 0.3) is 11.1 Å². The minimum Gasteiger partial charge on any atom is -0.374 e. The number of nitrogens with zero attached hydrogens (tertiary/aromatic N) is 3. The van der Waals surface area contributed by atoms with Crippen molar-refractivity contribution in [2.24, 2.45) is 13.0 Å². The third kappa shape index (κ3) is 6.41. The lowest BCUT2D eigenvalue weighted by Crippen LogP contribution is -2.31. The van der Waals surface area contributed by atoms with E-state index in [0.717, 1.165) is 5.92 Å². The van der Waals surface area contributed by atoms with Crippen molar-refractivity contribution in [1.29, 1.82) is 0 Å². The molecule has 1 aromatic carbocycles. The van der Waals surface area contributed by atoms with Crippen molar-refractivity contribution in [2.45, 2.75) is 72.1 Å². The van der Waals surface area contributed by atoms with Crippen molar-refractivity contribution in [3.05, 3.63) is 36.2 Å². The fourth-order valence-electron chi connectivity index (χ4n) is 3.86. The Balaban J connectivity index is 0.000000279. The second-order valence-corrected chi connectivity index (χ2v) is 8.02. The van der Waals surface area contributed by atoms with Crippen LogP contribution >= 0.6 is 0 Å². The van der Waals surface area contributed by atoms with Crippen LogP contribution < -0.4 is 4.90 Å². The lowest BCUT2D eigenvalue weighted by molar-refractivity contribution is 0.489. The van der Waals surface area contributed by atoms with Gasteiger partial charge in [-0.1, -0.05) is 71.8 Å². The molecule has 0 spiro atoms. The number of anilines is 1. The molecule has 0 radical (unpaired) electrons. The summed E-state index contributed by atoms with van der Waals surface area (Å²) in [6.45, 7) is 7.97. The van der Waals surface area contributed by atoms with Gasteiger partial charge in [-0.2, -0.15) is 5.10 Å². The average molecular weight is 370 g/mol. The zero-order valence-electron chi connectivity index (χ0n) is 18.2. The molecule has 1 aliphatic heterocycles. The highest BCUT2D eigenvalue weighted by Gasteiger charge is 2.21. The van der Waals surface area contributed by atoms with Crippen molar-refractivity contribution in [1.82, 2.24) is 9.78 Å². The van der Waals surface area contributed by atoms with Crippen molar-refractivity contribution < 1.29 is 0 Å². The molecule has 3 heteroatoms. The molecule has 1 unspecified atom stereocenters. The molecule has 150 valence electrons. The molecule has 0 N–H and O–H groups in total. The summed E-state index contributed by atoms with van der Waals surface area (Å²) in [5, 5.41) is 4.26. The Morgan fingerprint density at radius 3 is 2.22 bits per heavy atom. The molecule has 2 aromatic rings. The van der Waals surface area contributed by atoms with Gasteiger partial charge in [-0.15, -0.1) is 0 Å². The summed E-state index contributed by atoms with van der Waals surface area (Å²) in [6, 6.07) is 6.80. The number of unbranched alkanes of at least 4 members (excludes halogenated alkanes) is 5. The van der Waals surface area contributed by atoms with Crippen LogP contribution in [0.15, 0.2) is 30.6 Å². The van der Waals surface area contributed by atoms with Crippen molar-refractivity contribution >= 4 is 5.69 Å². The number of hydrogen-bond donors (Lipinski definition) is 0. The van der Waals surface area contributed by atoms with Crippen LogP contribution in [0.5, 0.6) is 0 Å². The highest BCUT2D eigenvalue weighted by atomic mass is 15.2. The lowest BCUT2D eigenvalue weighted by atomic mass is 9.89. The molecule has 2 heterocycles. The van der Waals surface area contributed by atoms with E-state index >= 15 is 0 Å². The number of aromatic nitrogens is 2. The number of fused-ring (bicyclic) bond motifs is 1. The molecule has 1 aromatic heterocycles. The number of benzene rings is 1. The Bertz CT molecular complexity index is 668. The Kier molecular flexibility index (Phi) is 8.90. The summed E-state index contributed by atoms with van der Waals surface area (Å²) in [4.78, 5) is 2.39. The molecule has 1 atom stereocenters. The highest BCUT2D eigenvalue weighted by molar-refractivity contribution is 5.68. The summed E-state index contributed by atoms with van der Waals surface area (Å²) >= 11 is 0. The van der Waals surface area contributed by atoms with E-state index in [2.05, 4.69) is 62.2 Å². The van der Waals surface area contributed by atoms with Crippen LogP contribution in [0.3, 0.4) is 0 Å². The molecule has 1 aliphatic rings. The predicted molar refractivity (Wildman–Crippen MR) is 118 cm³/mol. The van der Waals surface area contributed by atoms with Crippen LogP contribution in [-0.4, -0.2) is 23.4 Å². The van der Waals surface area contributed by atoms with Gasteiger partial charge in [0.25, 0.3) is 0 Å². The monoisotopic (exact) mass is 369 g/mol. The maximum atomic E-state index is 4.26. The fraction of sp³-hybridized carbons (Fsp3) is 0.625. The zero-order chi connectivity index (χ0) is 19.6. The maximum absolute atomic E-state index is 4.26. The first-order valence-electron chi connectivity index (χ1n) is 10.9. The molecule has 0 saturated heterocycles. The van der Waals surface area contributed by atoms with E-state index in [-0.39, 0.29) is 0 Å². The quantitative estimate of drug-likeness (QED) is 0.521. The van der Waals surface area contributed by atoms with Gasteiger partial charge in [0.15, 0.2) is 0 Å². The van der Waals surface area contributed by atoms with Gasteiger partial charge in [0, 0.05) is 38.1 Å². The highest BCUT2D eigenvalue weighted by Crippen LogP contribution is 2.33. The Morgan fingerprint density at radius 2 is 1.67 bits per heavy atom. The minimum atomic E-state index is 0.779. The Morgan fingerprint density at radius 1 is 0.963 bits per heavy atom. The van der Waals surface area contributed by atoms with Crippen LogP contribution in [0.4, 0.5) is 5.69 Å². The number of hydrogen-bond acceptors (Lipinski definition) is 2. The Hall–Kier alpha value is -1.77.